The Balaban J connectivity index is 2.25. The first-order valence-corrected chi connectivity index (χ1v) is 6.59. The maximum absolute atomic E-state index is 4.28. The molecular formula is C13H16BrN3. The third-order valence-corrected chi connectivity index (χ3v) is 3.03. The largest absolute Gasteiger partial charge is 0.313 e. The van der Waals surface area contributed by atoms with E-state index in [0.717, 1.165) is 29.7 Å². The van der Waals surface area contributed by atoms with Gasteiger partial charge < -0.3 is 5.32 Å². The van der Waals surface area contributed by atoms with Gasteiger partial charge in [-0.15, -0.1) is 0 Å². The van der Waals surface area contributed by atoms with E-state index in [-0.39, 0.29) is 0 Å². The molecule has 1 N–H and O–H groups in total. The summed E-state index contributed by atoms with van der Waals surface area (Å²) in [7, 11) is 0. The molecule has 2 aromatic rings. The Bertz CT molecular complexity index is 466. The highest BCUT2D eigenvalue weighted by atomic mass is 79.9. The SMILES string of the molecule is CCCNCc1ccc(Br)cc1-n1cccn1. The van der Waals surface area contributed by atoms with Gasteiger partial charge in [0.2, 0.25) is 0 Å². The molecule has 0 unspecified atom stereocenters. The minimum Gasteiger partial charge on any atom is -0.313 e. The molecule has 17 heavy (non-hydrogen) atoms. The zero-order chi connectivity index (χ0) is 12.1. The van der Waals surface area contributed by atoms with Crippen molar-refractivity contribution in [1.82, 2.24) is 15.1 Å². The van der Waals surface area contributed by atoms with Gasteiger partial charge in [0.05, 0.1) is 5.69 Å². The normalized spacial score (nSPS) is 10.7. The van der Waals surface area contributed by atoms with Gasteiger partial charge in [-0.25, -0.2) is 4.68 Å². The smallest absolute Gasteiger partial charge is 0.0701 e. The first-order valence-electron chi connectivity index (χ1n) is 5.80. The van der Waals surface area contributed by atoms with Crippen LogP contribution < -0.4 is 5.32 Å². The summed E-state index contributed by atoms with van der Waals surface area (Å²) in [6, 6.07) is 8.22. The zero-order valence-electron chi connectivity index (χ0n) is 9.86. The summed E-state index contributed by atoms with van der Waals surface area (Å²) in [6.07, 6.45) is 4.91. The number of rotatable bonds is 5. The zero-order valence-corrected chi connectivity index (χ0v) is 11.4. The fourth-order valence-corrected chi connectivity index (χ4v) is 2.06. The van der Waals surface area contributed by atoms with Crippen LogP contribution in [0.3, 0.4) is 0 Å². The van der Waals surface area contributed by atoms with E-state index in [1.54, 1.807) is 6.20 Å². The second-order valence-corrected chi connectivity index (χ2v) is 4.82. The second kappa shape index (κ2) is 5.98. The Morgan fingerprint density at radius 1 is 1.41 bits per heavy atom. The monoisotopic (exact) mass is 293 g/mol. The number of hydrogen-bond acceptors (Lipinski definition) is 2. The third-order valence-electron chi connectivity index (χ3n) is 2.54. The van der Waals surface area contributed by atoms with Crippen LogP contribution in [0.4, 0.5) is 0 Å². The lowest BCUT2D eigenvalue weighted by Gasteiger charge is -2.11. The van der Waals surface area contributed by atoms with E-state index < -0.39 is 0 Å². The van der Waals surface area contributed by atoms with Gasteiger partial charge in [0.15, 0.2) is 0 Å². The number of nitrogens with zero attached hydrogens (tertiary/aromatic N) is 2. The molecule has 0 aliphatic rings. The molecule has 0 fully saturated rings. The van der Waals surface area contributed by atoms with E-state index in [2.05, 4.69) is 51.5 Å². The molecule has 3 nitrogen and oxygen atoms in total. The highest BCUT2D eigenvalue weighted by Crippen LogP contribution is 2.19. The molecule has 0 aliphatic carbocycles. The van der Waals surface area contributed by atoms with Crippen molar-refractivity contribution in [3.63, 3.8) is 0 Å². The fourth-order valence-electron chi connectivity index (χ4n) is 1.71. The van der Waals surface area contributed by atoms with E-state index in [1.165, 1.54) is 5.56 Å². The summed E-state index contributed by atoms with van der Waals surface area (Å²) in [6.45, 7) is 4.08. The number of halogens is 1. The van der Waals surface area contributed by atoms with Gasteiger partial charge in [0.25, 0.3) is 0 Å². The number of benzene rings is 1. The van der Waals surface area contributed by atoms with Crippen molar-refractivity contribution in [2.75, 3.05) is 6.54 Å². The number of aromatic nitrogens is 2. The molecule has 0 aliphatic heterocycles. The summed E-state index contributed by atoms with van der Waals surface area (Å²) in [4.78, 5) is 0. The molecule has 0 bridgehead atoms. The van der Waals surface area contributed by atoms with Crippen molar-refractivity contribution in [2.24, 2.45) is 0 Å². The highest BCUT2D eigenvalue weighted by molar-refractivity contribution is 9.10. The topological polar surface area (TPSA) is 29.9 Å². The summed E-state index contributed by atoms with van der Waals surface area (Å²) in [5.41, 5.74) is 2.37. The van der Waals surface area contributed by atoms with Gasteiger partial charge in [0, 0.05) is 23.4 Å². The standard InChI is InChI=1S/C13H16BrN3/c1-2-6-15-10-11-4-5-12(14)9-13(11)17-8-3-7-16-17/h3-5,7-9,15H,2,6,10H2,1H3. The van der Waals surface area contributed by atoms with E-state index in [1.807, 2.05) is 16.9 Å². The van der Waals surface area contributed by atoms with Crippen LogP contribution in [0.15, 0.2) is 41.1 Å². The van der Waals surface area contributed by atoms with Crippen LogP contribution in [0.2, 0.25) is 0 Å². The first-order chi connectivity index (χ1) is 8.31. The maximum Gasteiger partial charge on any atom is 0.0701 e. The Hall–Kier alpha value is -1.13. The van der Waals surface area contributed by atoms with Crippen molar-refractivity contribution >= 4 is 15.9 Å². The molecule has 1 aromatic carbocycles. The summed E-state index contributed by atoms with van der Waals surface area (Å²) in [5.74, 6) is 0. The van der Waals surface area contributed by atoms with Gasteiger partial charge in [-0.1, -0.05) is 28.9 Å². The van der Waals surface area contributed by atoms with Crippen LogP contribution >= 0.6 is 15.9 Å². The summed E-state index contributed by atoms with van der Waals surface area (Å²) >= 11 is 3.50. The van der Waals surface area contributed by atoms with E-state index in [4.69, 9.17) is 0 Å². The third kappa shape index (κ3) is 3.17. The van der Waals surface area contributed by atoms with Crippen LogP contribution in [0.25, 0.3) is 5.69 Å². The Labute approximate surface area is 110 Å². The molecule has 0 saturated heterocycles. The molecule has 4 heteroatoms. The summed E-state index contributed by atoms with van der Waals surface area (Å²) in [5, 5.41) is 7.70. The Morgan fingerprint density at radius 3 is 3.00 bits per heavy atom. The first kappa shape index (κ1) is 12.3. The van der Waals surface area contributed by atoms with Crippen LogP contribution in [-0.2, 0) is 6.54 Å². The van der Waals surface area contributed by atoms with Crippen LogP contribution in [-0.4, -0.2) is 16.3 Å². The van der Waals surface area contributed by atoms with Crippen molar-refractivity contribution in [3.05, 3.63) is 46.7 Å². The van der Waals surface area contributed by atoms with Crippen molar-refractivity contribution in [3.8, 4) is 5.69 Å². The van der Waals surface area contributed by atoms with Crippen molar-refractivity contribution in [2.45, 2.75) is 19.9 Å². The Morgan fingerprint density at radius 2 is 2.29 bits per heavy atom. The Kier molecular flexibility index (Phi) is 4.34. The average Bonchev–Trinajstić information content (AvgIpc) is 2.85. The molecule has 1 aromatic heterocycles. The second-order valence-electron chi connectivity index (χ2n) is 3.90. The molecular weight excluding hydrogens is 278 g/mol. The number of hydrogen-bond donors (Lipinski definition) is 1. The lowest BCUT2D eigenvalue weighted by atomic mass is 10.2. The molecule has 90 valence electrons. The minimum atomic E-state index is 0.871. The molecule has 0 radical (unpaired) electrons. The molecule has 0 atom stereocenters. The predicted molar refractivity (Wildman–Crippen MR) is 73.3 cm³/mol. The molecule has 0 spiro atoms. The lowest BCUT2D eigenvalue weighted by Crippen LogP contribution is -2.15. The predicted octanol–water partition coefficient (Wildman–Crippen LogP) is 3.13. The van der Waals surface area contributed by atoms with Gasteiger partial charge in [-0.05, 0) is 36.7 Å². The van der Waals surface area contributed by atoms with Gasteiger partial charge in [-0.2, -0.15) is 5.10 Å². The molecule has 2 rings (SSSR count). The molecule has 0 amide bonds. The van der Waals surface area contributed by atoms with Gasteiger partial charge in [0.1, 0.15) is 0 Å². The molecule has 0 saturated carbocycles. The van der Waals surface area contributed by atoms with Crippen molar-refractivity contribution in [1.29, 1.82) is 0 Å². The van der Waals surface area contributed by atoms with E-state index >= 15 is 0 Å². The van der Waals surface area contributed by atoms with Gasteiger partial charge in [-0.3, -0.25) is 0 Å². The molecule has 1 heterocycles. The average molecular weight is 294 g/mol. The fraction of sp³-hybridized carbons (Fsp3) is 0.308. The van der Waals surface area contributed by atoms with Crippen LogP contribution in [0.1, 0.15) is 18.9 Å². The number of nitrogens with one attached hydrogen (secondary N) is 1. The maximum atomic E-state index is 4.28. The van der Waals surface area contributed by atoms with E-state index in [0.29, 0.717) is 0 Å². The van der Waals surface area contributed by atoms with Crippen molar-refractivity contribution < 1.29 is 0 Å². The van der Waals surface area contributed by atoms with Crippen LogP contribution in [0, 0.1) is 0 Å². The quantitative estimate of drug-likeness (QED) is 0.859. The van der Waals surface area contributed by atoms with E-state index in [9.17, 15) is 0 Å². The summed E-state index contributed by atoms with van der Waals surface area (Å²) < 4.78 is 2.97. The highest BCUT2D eigenvalue weighted by Gasteiger charge is 2.05. The minimum absolute atomic E-state index is 0.871. The van der Waals surface area contributed by atoms with Gasteiger partial charge >= 0.3 is 0 Å². The lowest BCUT2D eigenvalue weighted by molar-refractivity contribution is 0.670. The van der Waals surface area contributed by atoms with Crippen LogP contribution in [0.5, 0.6) is 0 Å².